The van der Waals surface area contributed by atoms with Crippen LogP contribution in [0.3, 0.4) is 0 Å². The van der Waals surface area contributed by atoms with Crippen molar-refractivity contribution < 1.29 is 37.3 Å². The van der Waals surface area contributed by atoms with Crippen LogP contribution in [0, 0.1) is 5.92 Å². The lowest BCUT2D eigenvalue weighted by Crippen LogP contribution is -2.68. The predicted molar refractivity (Wildman–Crippen MR) is 190 cm³/mol. The lowest BCUT2D eigenvalue weighted by molar-refractivity contribution is -0.332. The number of alkyl halides is 2. The molecule has 0 unspecified atom stereocenters. The number of carbonyl (C=O) groups is 2. The maximum atomic E-state index is 16.6. The lowest BCUT2D eigenvalue weighted by Gasteiger charge is -2.53. The van der Waals surface area contributed by atoms with Gasteiger partial charge in [0, 0.05) is 12.3 Å². The fourth-order valence-electron chi connectivity index (χ4n) is 6.64. The summed E-state index contributed by atoms with van der Waals surface area (Å²) >= 11 is 0. The maximum Gasteiger partial charge on any atom is 0.408 e. The molecule has 0 aliphatic carbocycles. The van der Waals surface area contributed by atoms with Crippen LogP contribution >= 0.6 is 0 Å². The average Bonchev–Trinajstić information content (AvgIpc) is 3.12. The number of rotatable bonds is 19. The molecule has 1 N–H and O–H groups in total. The van der Waals surface area contributed by atoms with Crippen molar-refractivity contribution in [3.05, 3.63) is 108 Å². The molecule has 1 amide bonds. The molecule has 9 heteroatoms. The van der Waals surface area contributed by atoms with Crippen LogP contribution in [0.15, 0.2) is 91.0 Å². The van der Waals surface area contributed by atoms with Gasteiger partial charge in [-0.25, -0.2) is 13.6 Å². The first-order chi connectivity index (χ1) is 24.0. The normalized spacial score (nSPS) is 22.8. The fourth-order valence-corrected chi connectivity index (χ4v) is 6.64. The molecule has 3 aromatic carbocycles. The molecule has 1 fully saturated rings. The van der Waals surface area contributed by atoms with Crippen LogP contribution in [0.4, 0.5) is 13.6 Å². The van der Waals surface area contributed by atoms with Crippen LogP contribution in [0.5, 0.6) is 0 Å². The zero-order chi connectivity index (χ0) is 36.0. The zero-order valence-corrected chi connectivity index (χ0v) is 29.8. The van der Waals surface area contributed by atoms with Crippen LogP contribution < -0.4 is 5.32 Å². The van der Waals surface area contributed by atoms with Gasteiger partial charge in [-0.3, -0.25) is 4.79 Å². The summed E-state index contributed by atoms with van der Waals surface area (Å²) in [6.45, 7) is 7.38. The third-order valence-electron chi connectivity index (χ3n) is 9.76. The molecule has 272 valence electrons. The van der Waals surface area contributed by atoms with E-state index in [0.29, 0.717) is 32.1 Å². The van der Waals surface area contributed by atoms with Gasteiger partial charge in [0.15, 0.2) is 11.4 Å². The molecule has 0 saturated carbocycles. The maximum absolute atomic E-state index is 16.6. The Kier molecular flexibility index (Phi) is 14.9. The highest BCUT2D eigenvalue weighted by molar-refractivity contribution is 5.85. The van der Waals surface area contributed by atoms with Gasteiger partial charge in [0.05, 0.1) is 31.5 Å². The van der Waals surface area contributed by atoms with Crippen molar-refractivity contribution in [1.29, 1.82) is 0 Å². The fraction of sp³-hybridized carbons (Fsp3) is 0.512. The van der Waals surface area contributed by atoms with E-state index in [0.717, 1.165) is 16.7 Å². The van der Waals surface area contributed by atoms with Crippen molar-refractivity contribution in [3.8, 4) is 0 Å². The Labute approximate surface area is 296 Å². The predicted octanol–water partition coefficient (Wildman–Crippen LogP) is 9.22. The summed E-state index contributed by atoms with van der Waals surface area (Å²) in [5.74, 6) is -3.57. The van der Waals surface area contributed by atoms with Crippen molar-refractivity contribution in [2.75, 3.05) is 0 Å². The largest absolute Gasteiger partial charge is 0.445 e. The molecule has 4 rings (SSSR count). The number of hydrogen-bond acceptors (Lipinski definition) is 6. The number of Topliss-reactive ketones (excluding diaryl/α,β-unsaturated/α-hetero) is 1. The summed E-state index contributed by atoms with van der Waals surface area (Å²) in [7, 11) is 0. The van der Waals surface area contributed by atoms with Gasteiger partial charge in [0.2, 0.25) is 0 Å². The summed E-state index contributed by atoms with van der Waals surface area (Å²) in [5, 5.41) is 2.64. The second-order valence-corrected chi connectivity index (χ2v) is 13.5. The van der Waals surface area contributed by atoms with Crippen LogP contribution in [0.25, 0.3) is 0 Å². The number of hydrogen-bond donors (Lipinski definition) is 1. The molecule has 0 aromatic heterocycles. The number of ketones is 1. The number of amides is 1. The third kappa shape index (κ3) is 10.9. The summed E-state index contributed by atoms with van der Waals surface area (Å²) in [4.78, 5) is 24.5. The van der Waals surface area contributed by atoms with Crippen molar-refractivity contribution in [2.24, 2.45) is 5.92 Å². The highest BCUT2D eigenvalue weighted by atomic mass is 19.3. The molecular weight excluding hydrogens is 640 g/mol. The number of halogens is 2. The molecule has 7 nitrogen and oxygen atoms in total. The second kappa shape index (κ2) is 19.1. The number of alkyl carbamates (subject to hydrolysis) is 1. The van der Waals surface area contributed by atoms with Gasteiger partial charge in [-0.1, -0.05) is 124 Å². The van der Waals surface area contributed by atoms with E-state index in [1.54, 1.807) is 0 Å². The Bertz CT molecular complexity index is 1440. The topological polar surface area (TPSA) is 83.1 Å². The Hall–Kier alpha value is -3.66. The minimum absolute atomic E-state index is 0.101. The van der Waals surface area contributed by atoms with E-state index in [-0.39, 0.29) is 44.4 Å². The Morgan fingerprint density at radius 1 is 0.820 bits per heavy atom. The Morgan fingerprint density at radius 2 is 1.34 bits per heavy atom. The van der Waals surface area contributed by atoms with Crippen LogP contribution in [0.2, 0.25) is 0 Å². The number of ether oxygens (including phenoxy) is 4. The van der Waals surface area contributed by atoms with Gasteiger partial charge < -0.3 is 24.3 Å². The highest BCUT2D eigenvalue weighted by Crippen LogP contribution is 2.48. The first-order valence-corrected chi connectivity index (χ1v) is 17.9. The molecule has 3 aromatic rings. The van der Waals surface area contributed by atoms with Gasteiger partial charge in [-0.2, -0.15) is 0 Å². The van der Waals surface area contributed by atoms with Crippen LogP contribution in [-0.4, -0.2) is 47.8 Å². The molecule has 1 heterocycles. The molecule has 0 radical (unpaired) electrons. The molecule has 0 spiro atoms. The van der Waals surface area contributed by atoms with E-state index in [2.05, 4.69) is 5.32 Å². The summed E-state index contributed by atoms with van der Waals surface area (Å²) in [5.41, 5.74) is 0.754. The molecule has 1 saturated heterocycles. The van der Waals surface area contributed by atoms with Gasteiger partial charge in [-0.05, 0) is 49.8 Å². The minimum Gasteiger partial charge on any atom is -0.445 e. The highest BCUT2D eigenvalue weighted by Gasteiger charge is 2.63. The number of unbranched alkanes of at least 4 members (excludes halogenated alkanes) is 3. The quantitative estimate of drug-likeness (QED) is 0.126. The van der Waals surface area contributed by atoms with Crippen molar-refractivity contribution >= 4 is 11.9 Å². The SMILES string of the molecule is CC[C@H]1O[C@@](C)(C(F)(F)CCCCCC[C@H](NC(=O)OCc2ccccc2)C(C)=O)[C@H](OCc2ccccc2)[C@@H](OCc2ccccc2)[C@H]1C. The van der Waals surface area contributed by atoms with E-state index >= 15 is 8.78 Å². The van der Waals surface area contributed by atoms with E-state index in [1.165, 1.54) is 13.8 Å². The average molecular weight is 694 g/mol. The van der Waals surface area contributed by atoms with Gasteiger partial charge >= 0.3 is 6.09 Å². The molecule has 6 atom stereocenters. The summed E-state index contributed by atoms with van der Waals surface area (Å²) in [6.07, 6.45) is -0.143. The Balaban J connectivity index is 1.36. The third-order valence-corrected chi connectivity index (χ3v) is 9.76. The first-order valence-electron chi connectivity index (χ1n) is 17.9. The number of carbonyl (C=O) groups excluding carboxylic acids is 2. The van der Waals surface area contributed by atoms with Crippen LogP contribution in [0.1, 0.15) is 89.3 Å². The van der Waals surface area contributed by atoms with E-state index < -0.39 is 42.0 Å². The zero-order valence-electron chi connectivity index (χ0n) is 29.8. The standard InChI is InChI=1S/C41H53F2NO6/c1-5-36-30(2)37(47-27-32-19-11-8-12-20-32)38(48-28-33-21-13-9-14-22-33)40(4,50-36)41(42,43)26-18-7-6-17-25-35(31(3)45)44-39(46)49-29-34-23-15-10-16-24-34/h8-16,19-24,30,35-38H,5-7,17-18,25-29H2,1-4H3,(H,44,46)/t30-,35-,36+,37-,38+,40+/m0/s1. The van der Waals surface area contributed by atoms with Gasteiger partial charge in [0.1, 0.15) is 12.7 Å². The van der Waals surface area contributed by atoms with E-state index in [1.807, 2.05) is 105 Å². The van der Waals surface area contributed by atoms with Gasteiger partial charge in [-0.15, -0.1) is 0 Å². The molecule has 0 bridgehead atoms. The smallest absolute Gasteiger partial charge is 0.408 e. The molecule has 1 aliphatic rings. The summed E-state index contributed by atoms with van der Waals surface area (Å²) < 4.78 is 57.6. The second-order valence-electron chi connectivity index (χ2n) is 13.5. The van der Waals surface area contributed by atoms with Crippen LogP contribution in [-0.2, 0) is 43.6 Å². The van der Waals surface area contributed by atoms with Gasteiger partial charge in [0.25, 0.3) is 5.92 Å². The first kappa shape index (κ1) is 39.1. The van der Waals surface area contributed by atoms with Crippen molar-refractivity contribution in [3.63, 3.8) is 0 Å². The van der Waals surface area contributed by atoms with E-state index in [9.17, 15) is 9.59 Å². The number of benzene rings is 3. The number of nitrogens with one attached hydrogen (secondary N) is 1. The monoisotopic (exact) mass is 693 g/mol. The Morgan fingerprint density at radius 3 is 1.88 bits per heavy atom. The minimum atomic E-state index is -3.22. The van der Waals surface area contributed by atoms with E-state index in [4.69, 9.17) is 18.9 Å². The van der Waals surface area contributed by atoms with Crippen molar-refractivity contribution in [1.82, 2.24) is 5.32 Å². The van der Waals surface area contributed by atoms with Crippen molar-refractivity contribution in [2.45, 2.75) is 128 Å². The molecule has 1 aliphatic heterocycles. The summed E-state index contributed by atoms with van der Waals surface area (Å²) in [6, 6.07) is 27.8. The molecule has 50 heavy (non-hydrogen) atoms. The lowest BCUT2D eigenvalue weighted by atomic mass is 9.76. The molecular formula is C41H53F2NO6.